The molecule has 1 aromatic rings. The molecule has 0 bridgehead atoms. The van der Waals surface area contributed by atoms with Crippen LogP contribution < -0.4 is 0 Å². The molecular formula is C12H16N2O3. The average Bonchev–Trinajstić information content (AvgIpc) is 2.32. The Labute approximate surface area is 100 Å². The van der Waals surface area contributed by atoms with E-state index in [0.29, 0.717) is 13.2 Å². The molecular weight excluding hydrogens is 220 g/mol. The van der Waals surface area contributed by atoms with Crippen LogP contribution in [0.1, 0.15) is 11.3 Å². The van der Waals surface area contributed by atoms with Gasteiger partial charge < -0.3 is 9.84 Å². The second-order valence-electron chi connectivity index (χ2n) is 4.24. The van der Waals surface area contributed by atoms with Gasteiger partial charge >= 0.3 is 5.97 Å². The third kappa shape index (κ3) is 3.25. The first-order chi connectivity index (χ1) is 8.15. The monoisotopic (exact) mass is 236 g/mol. The number of carboxylic acids is 1. The van der Waals surface area contributed by atoms with E-state index in [0.717, 1.165) is 24.3 Å². The zero-order valence-corrected chi connectivity index (χ0v) is 9.80. The van der Waals surface area contributed by atoms with Gasteiger partial charge in [0.1, 0.15) is 0 Å². The third-order valence-corrected chi connectivity index (χ3v) is 2.80. The first-order valence-corrected chi connectivity index (χ1v) is 5.63. The normalized spacial score (nSPS) is 21.4. The molecule has 0 saturated carbocycles. The number of morpholine rings is 1. The molecule has 0 spiro atoms. The number of hydrogen-bond donors (Lipinski definition) is 1. The maximum Gasteiger partial charge on any atom is 0.334 e. The maximum atomic E-state index is 10.8. The van der Waals surface area contributed by atoms with Crippen molar-refractivity contribution < 1.29 is 14.6 Å². The Balaban J connectivity index is 1.94. The summed E-state index contributed by atoms with van der Waals surface area (Å²) >= 11 is 0. The lowest BCUT2D eigenvalue weighted by Crippen LogP contribution is -2.45. The quantitative estimate of drug-likeness (QED) is 0.836. The second-order valence-corrected chi connectivity index (χ2v) is 4.24. The van der Waals surface area contributed by atoms with E-state index >= 15 is 0 Å². The van der Waals surface area contributed by atoms with E-state index in [4.69, 9.17) is 9.84 Å². The van der Waals surface area contributed by atoms with Crippen LogP contribution in [0.15, 0.2) is 18.3 Å². The Hall–Kier alpha value is -1.46. The molecule has 1 aliphatic rings. The number of hydrogen-bond acceptors (Lipinski definition) is 4. The Morgan fingerprint density at radius 2 is 2.47 bits per heavy atom. The molecule has 1 aliphatic heterocycles. The van der Waals surface area contributed by atoms with Crippen molar-refractivity contribution in [2.75, 3.05) is 19.7 Å². The molecule has 17 heavy (non-hydrogen) atoms. The van der Waals surface area contributed by atoms with E-state index in [1.54, 1.807) is 0 Å². The molecule has 0 radical (unpaired) electrons. The fourth-order valence-electron chi connectivity index (χ4n) is 1.85. The molecule has 0 amide bonds. The highest BCUT2D eigenvalue weighted by Gasteiger charge is 2.25. The van der Waals surface area contributed by atoms with Gasteiger partial charge in [0.15, 0.2) is 6.10 Å². The number of aliphatic carboxylic acids is 1. The van der Waals surface area contributed by atoms with Crippen molar-refractivity contribution in [1.82, 2.24) is 9.88 Å². The highest BCUT2D eigenvalue weighted by atomic mass is 16.5. The van der Waals surface area contributed by atoms with Gasteiger partial charge in [-0.3, -0.25) is 9.88 Å². The molecule has 1 unspecified atom stereocenters. The third-order valence-electron chi connectivity index (χ3n) is 2.80. The predicted molar refractivity (Wildman–Crippen MR) is 61.6 cm³/mol. The van der Waals surface area contributed by atoms with E-state index in [-0.39, 0.29) is 0 Å². The number of carbonyl (C=O) groups is 1. The van der Waals surface area contributed by atoms with Gasteiger partial charge in [-0.1, -0.05) is 6.07 Å². The lowest BCUT2D eigenvalue weighted by Gasteiger charge is -2.30. The van der Waals surface area contributed by atoms with Crippen molar-refractivity contribution in [2.45, 2.75) is 19.6 Å². The van der Waals surface area contributed by atoms with Gasteiger partial charge in [-0.15, -0.1) is 0 Å². The largest absolute Gasteiger partial charge is 0.479 e. The minimum atomic E-state index is -0.892. The Kier molecular flexibility index (Phi) is 3.71. The van der Waals surface area contributed by atoms with Crippen LogP contribution in [0, 0.1) is 6.92 Å². The van der Waals surface area contributed by atoms with Crippen LogP contribution in [0.25, 0.3) is 0 Å². The summed E-state index contributed by atoms with van der Waals surface area (Å²) < 4.78 is 5.17. The van der Waals surface area contributed by atoms with Crippen LogP contribution in [0.4, 0.5) is 0 Å². The van der Waals surface area contributed by atoms with Crippen molar-refractivity contribution in [3.05, 3.63) is 29.6 Å². The molecule has 2 rings (SSSR count). The highest BCUT2D eigenvalue weighted by molar-refractivity contribution is 5.72. The molecule has 1 fully saturated rings. The highest BCUT2D eigenvalue weighted by Crippen LogP contribution is 2.10. The first kappa shape index (κ1) is 12.0. The molecule has 5 heteroatoms. The Bertz CT molecular complexity index is 391. The fourth-order valence-corrected chi connectivity index (χ4v) is 1.85. The summed E-state index contributed by atoms with van der Waals surface area (Å²) in [4.78, 5) is 17.1. The van der Waals surface area contributed by atoms with Crippen LogP contribution in [0.3, 0.4) is 0 Å². The van der Waals surface area contributed by atoms with Gasteiger partial charge in [0, 0.05) is 31.5 Å². The average molecular weight is 236 g/mol. The number of pyridine rings is 1. The summed E-state index contributed by atoms with van der Waals surface area (Å²) in [6, 6.07) is 3.98. The lowest BCUT2D eigenvalue weighted by atomic mass is 10.2. The zero-order valence-electron chi connectivity index (χ0n) is 9.80. The minimum absolute atomic E-state index is 0.434. The van der Waals surface area contributed by atoms with Gasteiger partial charge in [-0.05, 0) is 18.6 Å². The number of nitrogens with zero attached hydrogens (tertiary/aromatic N) is 2. The molecule has 0 aromatic carbocycles. The second kappa shape index (κ2) is 5.25. The van der Waals surface area contributed by atoms with Gasteiger partial charge in [0.2, 0.25) is 0 Å². The van der Waals surface area contributed by atoms with Crippen molar-refractivity contribution in [2.24, 2.45) is 0 Å². The van der Waals surface area contributed by atoms with Crippen molar-refractivity contribution >= 4 is 5.97 Å². The standard InChI is InChI=1S/C12H16N2O3/c1-9-2-3-10(6-13-9)7-14-4-5-17-11(8-14)12(15)16/h2-3,6,11H,4-5,7-8H2,1H3,(H,15,16). The lowest BCUT2D eigenvalue weighted by molar-refractivity contribution is -0.156. The summed E-state index contributed by atoms with van der Waals surface area (Å²) in [5, 5.41) is 8.89. The smallest absolute Gasteiger partial charge is 0.334 e. The van der Waals surface area contributed by atoms with Gasteiger partial charge in [-0.25, -0.2) is 4.79 Å². The SMILES string of the molecule is Cc1ccc(CN2CCOC(C(=O)O)C2)cn1. The van der Waals surface area contributed by atoms with Crippen LogP contribution in [-0.2, 0) is 16.1 Å². The van der Waals surface area contributed by atoms with E-state index < -0.39 is 12.1 Å². The number of aromatic nitrogens is 1. The van der Waals surface area contributed by atoms with E-state index in [9.17, 15) is 4.79 Å². The van der Waals surface area contributed by atoms with Crippen molar-refractivity contribution in [3.63, 3.8) is 0 Å². The fraction of sp³-hybridized carbons (Fsp3) is 0.500. The van der Waals surface area contributed by atoms with E-state index in [2.05, 4.69) is 9.88 Å². The summed E-state index contributed by atoms with van der Waals surface area (Å²) in [7, 11) is 0. The van der Waals surface area contributed by atoms with Crippen LogP contribution >= 0.6 is 0 Å². The molecule has 0 aliphatic carbocycles. The molecule has 1 aromatic heterocycles. The van der Waals surface area contributed by atoms with Crippen molar-refractivity contribution in [3.8, 4) is 0 Å². The molecule has 92 valence electrons. The maximum absolute atomic E-state index is 10.8. The molecule has 1 saturated heterocycles. The Morgan fingerprint density at radius 3 is 3.12 bits per heavy atom. The molecule has 1 atom stereocenters. The van der Waals surface area contributed by atoms with Gasteiger partial charge in [-0.2, -0.15) is 0 Å². The van der Waals surface area contributed by atoms with Crippen LogP contribution in [0.5, 0.6) is 0 Å². The molecule has 2 heterocycles. The summed E-state index contributed by atoms with van der Waals surface area (Å²) in [6.45, 7) is 4.33. The van der Waals surface area contributed by atoms with E-state index in [1.807, 2.05) is 25.3 Å². The summed E-state index contributed by atoms with van der Waals surface area (Å²) in [6.07, 6.45) is 1.13. The number of rotatable bonds is 3. The zero-order chi connectivity index (χ0) is 12.3. The first-order valence-electron chi connectivity index (χ1n) is 5.63. The molecule has 5 nitrogen and oxygen atoms in total. The summed E-state index contributed by atoms with van der Waals surface area (Å²) in [5.41, 5.74) is 2.08. The predicted octanol–water partition coefficient (Wildman–Crippen LogP) is 0.675. The Morgan fingerprint density at radius 1 is 1.65 bits per heavy atom. The van der Waals surface area contributed by atoms with Gasteiger partial charge in [0.05, 0.1) is 6.61 Å². The number of ether oxygens (including phenoxy) is 1. The van der Waals surface area contributed by atoms with E-state index in [1.165, 1.54) is 0 Å². The number of aryl methyl sites for hydroxylation is 1. The van der Waals surface area contributed by atoms with Gasteiger partial charge in [0.25, 0.3) is 0 Å². The number of carboxylic acid groups (broad SMARTS) is 1. The topological polar surface area (TPSA) is 62.7 Å². The minimum Gasteiger partial charge on any atom is -0.479 e. The van der Waals surface area contributed by atoms with Crippen LogP contribution in [0.2, 0.25) is 0 Å². The van der Waals surface area contributed by atoms with Crippen LogP contribution in [-0.4, -0.2) is 46.8 Å². The summed E-state index contributed by atoms with van der Waals surface area (Å²) in [5.74, 6) is -0.892. The molecule has 1 N–H and O–H groups in total. The van der Waals surface area contributed by atoms with Crippen molar-refractivity contribution in [1.29, 1.82) is 0 Å².